The fourth-order valence-corrected chi connectivity index (χ4v) is 1.30. The molecule has 114 valence electrons. The van der Waals surface area contributed by atoms with E-state index in [9.17, 15) is 14.7 Å². The Balaban J connectivity index is -0.000000312. The molecule has 0 aliphatic heterocycles. The Kier molecular flexibility index (Phi) is 23.4. The molecule has 4 N–H and O–H groups in total. The second-order valence-electron chi connectivity index (χ2n) is 4.37. The van der Waals surface area contributed by atoms with Gasteiger partial charge in [-0.2, -0.15) is 0 Å². The molecule has 1 unspecified atom stereocenters. The number of carboxylic acid groups (broad SMARTS) is 2. The average molecular weight is 299 g/mol. The zero-order valence-corrected chi connectivity index (χ0v) is 14.6. The molecule has 0 aromatic carbocycles. The van der Waals surface area contributed by atoms with Gasteiger partial charge in [0.05, 0.1) is 6.61 Å². The molecule has 0 rings (SSSR count). The molecule has 20 heavy (non-hydrogen) atoms. The molecule has 0 saturated heterocycles. The molecule has 6 nitrogen and oxygen atoms in total. The summed E-state index contributed by atoms with van der Waals surface area (Å²) in [6, 6.07) is -1.13. The van der Waals surface area contributed by atoms with Crippen LogP contribution in [0, 0.1) is 0 Å². The van der Waals surface area contributed by atoms with E-state index in [0.717, 1.165) is 12.8 Å². The number of hydrogen-bond acceptors (Lipinski definition) is 5. The zero-order valence-electron chi connectivity index (χ0n) is 12.6. The molecule has 1 atom stereocenters. The summed E-state index contributed by atoms with van der Waals surface area (Å²) in [5.74, 6) is -2.09. The first-order valence-corrected chi connectivity index (χ1v) is 6.74. The second kappa shape index (κ2) is 18.9. The summed E-state index contributed by atoms with van der Waals surface area (Å²) in [7, 11) is 0. The molecule has 0 amide bonds. The van der Waals surface area contributed by atoms with Crippen molar-refractivity contribution in [3.05, 3.63) is 0 Å². The normalized spacial score (nSPS) is 10.8. The molecule has 0 heterocycles. The Bertz CT molecular complexity index is 239. The Morgan fingerprint density at radius 3 is 1.85 bits per heavy atom. The number of carbonyl (C=O) groups excluding carboxylic acids is 1. The van der Waals surface area contributed by atoms with Gasteiger partial charge in [-0.1, -0.05) is 45.4 Å². The van der Waals surface area contributed by atoms with Gasteiger partial charge < -0.3 is 25.8 Å². The van der Waals surface area contributed by atoms with Gasteiger partial charge in [0.25, 0.3) is 0 Å². The Hall–Kier alpha value is -0.140. The van der Waals surface area contributed by atoms with Gasteiger partial charge >= 0.3 is 35.5 Å². The van der Waals surface area contributed by atoms with E-state index in [1.165, 1.54) is 32.1 Å². The molecule has 0 aliphatic rings. The SMILES string of the molecule is CCCCCCCCCC(=O)[O-].NC(CO)C(=O)O.[Na+]. The van der Waals surface area contributed by atoms with Crippen molar-refractivity contribution in [2.75, 3.05) is 6.61 Å². The van der Waals surface area contributed by atoms with E-state index in [2.05, 4.69) is 6.92 Å². The Morgan fingerprint density at radius 1 is 1.10 bits per heavy atom. The molecule has 0 radical (unpaired) electrons. The van der Waals surface area contributed by atoms with Gasteiger partial charge in [0.1, 0.15) is 6.04 Å². The van der Waals surface area contributed by atoms with Crippen molar-refractivity contribution in [2.24, 2.45) is 5.73 Å². The minimum atomic E-state index is -1.18. The number of carboxylic acids is 2. The molecule has 0 bridgehead atoms. The van der Waals surface area contributed by atoms with Crippen LogP contribution in [0.5, 0.6) is 0 Å². The van der Waals surface area contributed by atoms with Gasteiger partial charge in [0, 0.05) is 5.97 Å². The molecular formula is C13H26NNaO5. The van der Waals surface area contributed by atoms with Crippen LogP contribution in [0.2, 0.25) is 0 Å². The smallest absolute Gasteiger partial charge is 0.550 e. The quantitative estimate of drug-likeness (QED) is 0.297. The predicted octanol–water partition coefficient (Wildman–Crippen LogP) is -2.73. The number of rotatable bonds is 10. The summed E-state index contributed by atoms with van der Waals surface area (Å²) in [4.78, 5) is 19.7. The summed E-state index contributed by atoms with van der Waals surface area (Å²) < 4.78 is 0. The van der Waals surface area contributed by atoms with Gasteiger partial charge in [-0.3, -0.25) is 4.79 Å². The van der Waals surface area contributed by atoms with E-state index in [0.29, 0.717) is 0 Å². The maximum absolute atomic E-state index is 10.0. The standard InChI is InChI=1S/C10H20O2.C3H7NO3.Na/c1-2-3-4-5-6-7-8-9-10(11)12;4-2(1-5)3(6)7;/h2-9H2,1H3,(H,11,12);2,5H,1,4H2,(H,6,7);/q;;+1/p-1. The molecular weight excluding hydrogens is 273 g/mol. The fourth-order valence-electron chi connectivity index (χ4n) is 1.30. The van der Waals surface area contributed by atoms with Crippen LogP contribution in [0.4, 0.5) is 0 Å². The Labute approximate surface area is 143 Å². The minimum Gasteiger partial charge on any atom is -0.550 e. The first-order valence-electron chi connectivity index (χ1n) is 6.74. The number of carbonyl (C=O) groups is 2. The van der Waals surface area contributed by atoms with Crippen molar-refractivity contribution >= 4 is 11.9 Å². The van der Waals surface area contributed by atoms with Crippen molar-refractivity contribution in [1.82, 2.24) is 0 Å². The average Bonchev–Trinajstić information content (AvgIpc) is 2.37. The first-order chi connectivity index (χ1) is 8.95. The van der Waals surface area contributed by atoms with Gasteiger partial charge in [0.2, 0.25) is 0 Å². The van der Waals surface area contributed by atoms with E-state index in [1.54, 1.807) is 0 Å². The third-order valence-corrected chi connectivity index (χ3v) is 2.50. The first kappa shape index (κ1) is 24.9. The zero-order chi connectivity index (χ0) is 15.1. The van der Waals surface area contributed by atoms with Crippen molar-refractivity contribution in [1.29, 1.82) is 0 Å². The molecule has 0 aromatic rings. The van der Waals surface area contributed by atoms with E-state index in [1.807, 2.05) is 0 Å². The summed E-state index contributed by atoms with van der Waals surface area (Å²) in [5, 5.41) is 25.9. The van der Waals surface area contributed by atoms with Crippen LogP contribution in [-0.4, -0.2) is 34.8 Å². The summed E-state index contributed by atoms with van der Waals surface area (Å²) in [6.07, 6.45) is 8.34. The molecule has 0 aromatic heterocycles. The van der Waals surface area contributed by atoms with Crippen LogP contribution in [0.3, 0.4) is 0 Å². The van der Waals surface area contributed by atoms with Crippen LogP contribution in [0.15, 0.2) is 0 Å². The predicted molar refractivity (Wildman–Crippen MR) is 70.3 cm³/mol. The maximum Gasteiger partial charge on any atom is 1.00 e. The largest absolute Gasteiger partial charge is 1.00 e. The number of nitrogens with two attached hydrogens (primary N) is 1. The monoisotopic (exact) mass is 299 g/mol. The molecule has 0 fully saturated rings. The van der Waals surface area contributed by atoms with Gasteiger partial charge in [-0.05, 0) is 12.8 Å². The molecule has 0 aliphatic carbocycles. The molecule has 0 spiro atoms. The van der Waals surface area contributed by atoms with E-state index in [4.69, 9.17) is 15.9 Å². The van der Waals surface area contributed by atoms with Crippen LogP contribution < -0.4 is 40.4 Å². The third-order valence-electron chi connectivity index (χ3n) is 2.50. The van der Waals surface area contributed by atoms with Crippen molar-refractivity contribution < 1.29 is 54.5 Å². The minimum absolute atomic E-state index is 0. The summed E-state index contributed by atoms with van der Waals surface area (Å²) in [5.41, 5.74) is 4.77. The number of aliphatic hydroxyl groups is 1. The Morgan fingerprint density at radius 2 is 1.55 bits per heavy atom. The number of unbranched alkanes of at least 4 members (excludes halogenated alkanes) is 6. The number of hydrogen-bond donors (Lipinski definition) is 3. The van der Waals surface area contributed by atoms with Gasteiger partial charge in [-0.15, -0.1) is 0 Å². The van der Waals surface area contributed by atoms with Crippen LogP contribution in [0.1, 0.15) is 58.3 Å². The topological polar surface area (TPSA) is 124 Å². The second-order valence-corrected chi connectivity index (χ2v) is 4.37. The summed E-state index contributed by atoms with van der Waals surface area (Å²) in [6.45, 7) is 1.69. The van der Waals surface area contributed by atoms with Crippen molar-refractivity contribution in [3.63, 3.8) is 0 Å². The van der Waals surface area contributed by atoms with Crippen LogP contribution in [0.25, 0.3) is 0 Å². The third kappa shape index (κ3) is 23.0. The molecule has 7 heteroatoms. The van der Waals surface area contributed by atoms with E-state index >= 15 is 0 Å². The van der Waals surface area contributed by atoms with Gasteiger partial charge in [0.15, 0.2) is 0 Å². The molecule has 0 saturated carbocycles. The fraction of sp³-hybridized carbons (Fsp3) is 0.846. The van der Waals surface area contributed by atoms with Gasteiger partial charge in [-0.25, -0.2) is 0 Å². The number of aliphatic carboxylic acids is 2. The maximum atomic E-state index is 10.0. The number of aliphatic hydroxyl groups excluding tert-OH is 1. The van der Waals surface area contributed by atoms with Crippen molar-refractivity contribution in [3.8, 4) is 0 Å². The van der Waals surface area contributed by atoms with Crippen LogP contribution in [-0.2, 0) is 9.59 Å². The van der Waals surface area contributed by atoms with Crippen molar-refractivity contribution in [2.45, 2.75) is 64.3 Å². The van der Waals surface area contributed by atoms with Crippen LogP contribution >= 0.6 is 0 Å². The summed E-state index contributed by atoms with van der Waals surface area (Å²) >= 11 is 0. The van der Waals surface area contributed by atoms with E-state index < -0.39 is 24.6 Å². The van der Waals surface area contributed by atoms with E-state index in [-0.39, 0.29) is 36.0 Å².